The smallest absolute Gasteiger partial charge is 0.416 e. The van der Waals surface area contributed by atoms with Crippen molar-refractivity contribution in [3.63, 3.8) is 0 Å². The van der Waals surface area contributed by atoms with Crippen LogP contribution in [0, 0.1) is 11.3 Å². The highest BCUT2D eigenvalue weighted by Gasteiger charge is 2.35. The van der Waals surface area contributed by atoms with Crippen molar-refractivity contribution in [2.45, 2.75) is 51.5 Å². The summed E-state index contributed by atoms with van der Waals surface area (Å²) in [5, 5.41) is 25.4. The van der Waals surface area contributed by atoms with Crippen LogP contribution in [0.5, 0.6) is 5.75 Å². The van der Waals surface area contributed by atoms with E-state index in [2.05, 4.69) is 21.7 Å². The first-order valence-corrected chi connectivity index (χ1v) is 14.6. The number of thiocarbonyl (C=S) groups is 1. The van der Waals surface area contributed by atoms with Crippen molar-refractivity contribution in [3.8, 4) is 11.8 Å². The van der Waals surface area contributed by atoms with E-state index in [1.807, 2.05) is 30.5 Å². The van der Waals surface area contributed by atoms with Gasteiger partial charge in [-0.15, -0.1) is 0 Å². The molecule has 0 saturated heterocycles. The van der Waals surface area contributed by atoms with E-state index in [1.165, 1.54) is 24.3 Å². The topological polar surface area (TPSA) is 106 Å². The lowest BCUT2D eigenvalue weighted by atomic mass is 9.96. The number of imidazole rings is 1. The van der Waals surface area contributed by atoms with E-state index in [9.17, 15) is 23.1 Å². The molecule has 3 aromatic carbocycles. The zero-order chi connectivity index (χ0) is 32.6. The molecule has 1 heterocycles. The molecule has 8 nitrogen and oxygen atoms in total. The summed E-state index contributed by atoms with van der Waals surface area (Å²) in [7, 11) is 0. The Labute approximate surface area is 265 Å². The molecule has 1 amide bonds. The van der Waals surface area contributed by atoms with Crippen LogP contribution in [0.1, 0.15) is 48.2 Å². The summed E-state index contributed by atoms with van der Waals surface area (Å²) in [6.07, 6.45) is -0.873. The molecule has 0 aliphatic carbocycles. The van der Waals surface area contributed by atoms with Gasteiger partial charge in [-0.3, -0.25) is 4.79 Å². The number of carbonyl (C=O) groups is 1. The highest BCUT2D eigenvalue weighted by atomic mass is 32.1. The lowest BCUT2D eigenvalue weighted by Gasteiger charge is -2.37. The third-order valence-electron chi connectivity index (χ3n) is 7.45. The summed E-state index contributed by atoms with van der Waals surface area (Å²) < 4.78 is 43.5. The van der Waals surface area contributed by atoms with Gasteiger partial charge in [0.1, 0.15) is 5.75 Å². The number of phenols is 1. The molecule has 1 aromatic heterocycles. The molecule has 0 bridgehead atoms. The Balaban J connectivity index is 1.53. The largest absolute Gasteiger partial charge is 0.506 e. The second kappa shape index (κ2) is 14.3. The highest BCUT2D eigenvalue weighted by molar-refractivity contribution is 7.80. The van der Waals surface area contributed by atoms with Crippen molar-refractivity contribution in [1.29, 1.82) is 5.26 Å². The standard InChI is InChI=1S/C33H33F3N6O2S/c1-3-32(2,40-30(44)16-26-18-38-22-42(26)19-24-14-12-23(17-37)13-15-24)21-41(31(45)39-28-10-6-7-11-29(28)43)20-25-8-4-5-9-27(25)33(34,35)36/h4-15,18,22,43H,3,16,19-21H2,1-2H3,(H,39,45)(H,40,44). The van der Waals surface area contributed by atoms with Crippen molar-refractivity contribution in [2.75, 3.05) is 11.9 Å². The molecule has 0 fully saturated rings. The van der Waals surface area contributed by atoms with Crippen molar-refractivity contribution in [3.05, 3.63) is 113 Å². The van der Waals surface area contributed by atoms with Gasteiger partial charge in [0.15, 0.2) is 5.11 Å². The van der Waals surface area contributed by atoms with E-state index in [-0.39, 0.29) is 41.8 Å². The Hall–Kier alpha value is -4.89. The number of rotatable bonds is 11. The first kappa shape index (κ1) is 33.0. The summed E-state index contributed by atoms with van der Waals surface area (Å²) in [6.45, 7) is 4.02. The zero-order valence-electron chi connectivity index (χ0n) is 24.8. The fourth-order valence-electron chi connectivity index (χ4n) is 4.84. The van der Waals surface area contributed by atoms with Crippen LogP contribution in [-0.2, 0) is 30.5 Å². The van der Waals surface area contributed by atoms with Gasteiger partial charge in [-0.2, -0.15) is 18.4 Å². The number of amides is 1. The van der Waals surface area contributed by atoms with Gasteiger partial charge in [0.05, 0.1) is 41.2 Å². The number of benzene rings is 3. The summed E-state index contributed by atoms with van der Waals surface area (Å²) >= 11 is 5.65. The number of phenolic OH excluding ortho intramolecular Hbond substituents is 1. The zero-order valence-corrected chi connectivity index (χ0v) is 25.6. The van der Waals surface area contributed by atoms with Gasteiger partial charge in [0.2, 0.25) is 5.91 Å². The van der Waals surface area contributed by atoms with Crippen LogP contribution in [-0.4, -0.2) is 42.7 Å². The van der Waals surface area contributed by atoms with E-state index < -0.39 is 17.3 Å². The molecule has 1 atom stereocenters. The fraction of sp³-hybridized carbons (Fsp3) is 0.273. The SMILES string of the molecule is CCC(C)(CN(Cc1ccccc1C(F)(F)F)C(=S)Nc1ccccc1O)NC(=O)Cc1cncn1Cc1ccc(C#N)cc1. The highest BCUT2D eigenvalue weighted by Crippen LogP contribution is 2.33. The number of hydrogen-bond donors (Lipinski definition) is 3. The van der Waals surface area contributed by atoms with Crippen molar-refractivity contribution in [2.24, 2.45) is 0 Å². The minimum Gasteiger partial charge on any atom is -0.506 e. The van der Waals surface area contributed by atoms with Crippen molar-refractivity contribution >= 4 is 28.9 Å². The lowest BCUT2D eigenvalue weighted by Crippen LogP contribution is -2.55. The van der Waals surface area contributed by atoms with Gasteiger partial charge in [0, 0.05) is 31.5 Å². The lowest BCUT2D eigenvalue weighted by molar-refractivity contribution is -0.138. The summed E-state index contributed by atoms with van der Waals surface area (Å²) in [6, 6.07) is 20.9. The number of nitrogens with one attached hydrogen (secondary N) is 2. The van der Waals surface area contributed by atoms with Gasteiger partial charge in [-0.25, -0.2) is 4.98 Å². The number of aromatic hydroxyl groups is 1. The predicted molar refractivity (Wildman–Crippen MR) is 169 cm³/mol. The second-order valence-corrected chi connectivity index (χ2v) is 11.3. The van der Waals surface area contributed by atoms with Crippen LogP contribution in [0.2, 0.25) is 0 Å². The number of anilines is 1. The summed E-state index contributed by atoms with van der Waals surface area (Å²) in [4.78, 5) is 19.1. The number of aromatic nitrogens is 2. The number of carbonyl (C=O) groups excluding carboxylic acids is 1. The minimum atomic E-state index is -4.57. The molecule has 1 unspecified atom stereocenters. The van der Waals surface area contributed by atoms with Crippen LogP contribution in [0.25, 0.3) is 0 Å². The fourth-order valence-corrected chi connectivity index (χ4v) is 5.08. The number of hydrogen-bond acceptors (Lipinski definition) is 5. The normalized spacial score (nSPS) is 12.5. The maximum absolute atomic E-state index is 13.9. The first-order valence-electron chi connectivity index (χ1n) is 14.2. The van der Waals surface area contributed by atoms with Crippen LogP contribution in [0.15, 0.2) is 85.3 Å². The first-order chi connectivity index (χ1) is 21.4. The monoisotopic (exact) mass is 634 g/mol. The van der Waals surface area contributed by atoms with E-state index in [0.29, 0.717) is 29.9 Å². The van der Waals surface area contributed by atoms with E-state index >= 15 is 0 Å². The Morgan fingerprint density at radius 3 is 2.44 bits per heavy atom. The maximum atomic E-state index is 13.9. The van der Waals surface area contributed by atoms with Gasteiger partial charge in [-0.1, -0.05) is 49.4 Å². The molecule has 12 heteroatoms. The molecule has 0 spiro atoms. The molecule has 0 aliphatic rings. The van der Waals surface area contributed by atoms with Gasteiger partial charge in [-0.05, 0) is 67.0 Å². The number of halogens is 3. The molecule has 4 rings (SSSR count). The van der Waals surface area contributed by atoms with Gasteiger partial charge < -0.3 is 25.2 Å². The molecule has 0 radical (unpaired) electrons. The quantitative estimate of drug-likeness (QED) is 0.132. The number of nitrogens with zero attached hydrogens (tertiary/aromatic N) is 4. The average Bonchev–Trinajstić information content (AvgIpc) is 3.43. The van der Waals surface area contributed by atoms with Crippen LogP contribution >= 0.6 is 12.2 Å². The van der Waals surface area contributed by atoms with Gasteiger partial charge >= 0.3 is 6.18 Å². The molecule has 234 valence electrons. The van der Waals surface area contributed by atoms with E-state index in [0.717, 1.165) is 11.6 Å². The maximum Gasteiger partial charge on any atom is 0.416 e. The Morgan fingerprint density at radius 2 is 1.78 bits per heavy atom. The van der Waals surface area contributed by atoms with E-state index in [4.69, 9.17) is 17.5 Å². The second-order valence-electron chi connectivity index (χ2n) is 10.9. The molecule has 0 saturated carbocycles. The Bertz CT molecular complexity index is 1680. The van der Waals surface area contributed by atoms with Crippen LogP contribution in [0.3, 0.4) is 0 Å². The van der Waals surface area contributed by atoms with Gasteiger partial charge in [0.25, 0.3) is 0 Å². The van der Waals surface area contributed by atoms with E-state index in [1.54, 1.807) is 47.8 Å². The van der Waals surface area contributed by atoms with Crippen LogP contribution in [0.4, 0.5) is 18.9 Å². The van der Waals surface area contributed by atoms with Crippen molar-refractivity contribution < 1.29 is 23.1 Å². The molecular formula is C33H33F3N6O2S. The van der Waals surface area contributed by atoms with Crippen molar-refractivity contribution in [1.82, 2.24) is 19.8 Å². The number of alkyl halides is 3. The molecule has 4 aromatic rings. The third-order valence-corrected chi connectivity index (χ3v) is 7.81. The summed E-state index contributed by atoms with van der Waals surface area (Å²) in [5.74, 6) is -0.365. The Kier molecular flexibility index (Phi) is 10.5. The predicted octanol–water partition coefficient (Wildman–Crippen LogP) is 6.25. The molecule has 3 N–H and O–H groups in total. The number of nitriles is 1. The minimum absolute atomic E-state index is 0.0166. The summed E-state index contributed by atoms with van der Waals surface area (Å²) in [5.41, 5.74) is 0.798. The Morgan fingerprint density at radius 1 is 1.09 bits per heavy atom. The van der Waals surface area contributed by atoms with Crippen LogP contribution < -0.4 is 10.6 Å². The molecular weight excluding hydrogens is 601 g/mol. The average molecular weight is 635 g/mol. The third kappa shape index (κ3) is 8.83. The molecule has 0 aliphatic heterocycles. The molecule has 45 heavy (non-hydrogen) atoms. The number of para-hydroxylation sites is 2.